The Hall–Kier alpha value is -3.32. The summed E-state index contributed by atoms with van der Waals surface area (Å²) in [5, 5.41) is 4.13. The lowest BCUT2D eigenvalue weighted by molar-refractivity contribution is -0.132. The number of aromatic amines is 1. The molecule has 1 aromatic heterocycles. The van der Waals surface area contributed by atoms with Crippen LogP contribution in [-0.4, -0.2) is 65.6 Å². The van der Waals surface area contributed by atoms with Crippen LogP contribution in [0.1, 0.15) is 37.5 Å². The Balaban J connectivity index is 1.77. The fourth-order valence-corrected chi connectivity index (χ4v) is 3.92. The van der Waals surface area contributed by atoms with Gasteiger partial charge in [-0.15, -0.1) is 0 Å². The minimum Gasteiger partial charge on any atom is -0.383 e. The molecule has 7 nitrogen and oxygen atoms in total. The van der Waals surface area contributed by atoms with Crippen molar-refractivity contribution < 1.29 is 14.3 Å². The van der Waals surface area contributed by atoms with Gasteiger partial charge in [0.05, 0.1) is 6.61 Å². The van der Waals surface area contributed by atoms with Crippen molar-refractivity contribution in [3.63, 3.8) is 0 Å². The number of aromatic nitrogens is 1. The number of benzene rings is 2. The Bertz CT molecular complexity index is 1120. The number of carbonyl (C=O) groups is 2. The van der Waals surface area contributed by atoms with E-state index in [1.54, 1.807) is 7.11 Å². The lowest BCUT2D eigenvalue weighted by Crippen LogP contribution is -2.52. The molecular formula is C28H38N4O3. The molecule has 0 spiro atoms. The molecule has 0 unspecified atom stereocenters. The number of fused-ring (bicyclic) bond motifs is 1. The molecule has 0 aliphatic carbocycles. The van der Waals surface area contributed by atoms with Crippen molar-refractivity contribution in [3.8, 4) is 0 Å². The largest absolute Gasteiger partial charge is 0.383 e. The van der Waals surface area contributed by atoms with E-state index in [1.165, 1.54) is 21.4 Å². The number of ether oxygens (including phenoxy) is 1. The quantitative estimate of drug-likeness (QED) is 0.450. The highest BCUT2D eigenvalue weighted by Gasteiger charge is 2.24. The van der Waals surface area contributed by atoms with Crippen LogP contribution in [0, 0.1) is 6.92 Å². The SMILES string of the molecule is COCCN(CC(=O)N(CCc1c[nH]c2ccccc12)Cc1ccc(C)cc1)C(=O)NC(C)(C)C. The summed E-state index contributed by atoms with van der Waals surface area (Å²) in [4.78, 5) is 33.1. The number of H-pyrrole nitrogens is 1. The highest BCUT2D eigenvalue weighted by Crippen LogP contribution is 2.19. The van der Waals surface area contributed by atoms with Crippen molar-refractivity contribution in [1.29, 1.82) is 0 Å². The number of hydrogen-bond acceptors (Lipinski definition) is 3. The molecule has 188 valence electrons. The lowest BCUT2D eigenvalue weighted by Gasteiger charge is -2.30. The number of urea groups is 1. The fraction of sp³-hybridized carbons (Fsp3) is 0.429. The lowest BCUT2D eigenvalue weighted by atomic mass is 10.1. The van der Waals surface area contributed by atoms with Crippen LogP contribution >= 0.6 is 0 Å². The third kappa shape index (κ3) is 7.86. The second-order valence-corrected chi connectivity index (χ2v) is 10.0. The Kier molecular flexibility index (Phi) is 8.93. The monoisotopic (exact) mass is 478 g/mol. The van der Waals surface area contributed by atoms with Gasteiger partial charge >= 0.3 is 6.03 Å². The topological polar surface area (TPSA) is 77.7 Å². The van der Waals surface area contributed by atoms with Crippen LogP contribution in [0.3, 0.4) is 0 Å². The normalized spacial score (nSPS) is 11.5. The maximum absolute atomic E-state index is 13.5. The van der Waals surface area contributed by atoms with Crippen LogP contribution in [0.5, 0.6) is 0 Å². The Morgan fingerprint density at radius 2 is 1.71 bits per heavy atom. The highest BCUT2D eigenvalue weighted by molar-refractivity contribution is 5.85. The molecule has 2 N–H and O–H groups in total. The zero-order valence-corrected chi connectivity index (χ0v) is 21.6. The third-order valence-electron chi connectivity index (χ3n) is 5.83. The van der Waals surface area contributed by atoms with E-state index in [1.807, 2.05) is 50.9 Å². The average Bonchev–Trinajstić information content (AvgIpc) is 3.22. The molecule has 0 bridgehead atoms. The molecule has 0 atom stereocenters. The molecule has 7 heteroatoms. The minimum absolute atomic E-state index is 0.00891. The molecule has 0 saturated heterocycles. The molecule has 3 amide bonds. The second kappa shape index (κ2) is 11.9. The maximum Gasteiger partial charge on any atom is 0.318 e. The number of aryl methyl sites for hydroxylation is 1. The maximum atomic E-state index is 13.5. The zero-order chi connectivity index (χ0) is 25.4. The van der Waals surface area contributed by atoms with E-state index < -0.39 is 5.54 Å². The molecule has 1 heterocycles. The summed E-state index contributed by atoms with van der Waals surface area (Å²) in [6.45, 7) is 9.54. The summed E-state index contributed by atoms with van der Waals surface area (Å²) in [6, 6.07) is 16.1. The molecule has 3 aromatic rings. The zero-order valence-electron chi connectivity index (χ0n) is 21.6. The highest BCUT2D eigenvalue weighted by atomic mass is 16.5. The third-order valence-corrected chi connectivity index (χ3v) is 5.83. The van der Waals surface area contributed by atoms with Crippen LogP contribution < -0.4 is 5.32 Å². The van der Waals surface area contributed by atoms with Crippen molar-refractivity contribution >= 4 is 22.8 Å². The molecule has 0 aliphatic rings. The minimum atomic E-state index is -0.400. The van der Waals surface area contributed by atoms with Crippen molar-refractivity contribution in [2.45, 2.75) is 46.2 Å². The van der Waals surface area contributed by atoms with Gasteiger partial charge in [-0.25, -0.2) is 4.79 Å². The van der Waals surface area contributed by atoms with Crippen molar-refractivity contribution in [2.24, 2.45) is 0 Å². The van der Waals surface area contributed by atoms with Crippen molar-refractivity contribution in [1.82, 2.24) is 20.1 Å². The summed E-state index contributed by atoms with van der Waals surface area (Å²) in [7, 11) is 1.59. The molecule has 0 aliphatic heterocycles. The average molecular weight is 479 g/mol. The molecule has 0 fully saturated rings. The van der Waals surface area contributed by atoms with E-state index >= 15 is 0 Å². The number of methoxy groups -OCH3 is 1. The smallest absolute Gasteiger partial charge is 0.318 e. The van der Waals surface area contributed by atoms with Crippen LogP contribution in [0.25, 0.3) is 10.9 Å². The van der Waals surface area contributed by atoms with Gasteiger partial charge in [0, 0.05) is 49.4 Å². The van der Waals surface area contributed by atoms with Crippen LogP contribution in [0.15, 0.2) is 54.7 Å². The van der Waals surface area contributed by atoms with Crippen LogP contribution in [-0.2, 0) is 22.5 Å². The van der Waals surface area contributed by atoms with Crippen molar-refractivity contribution in [2.75, 3.05) is 33.4 Å². The van der Waals surface area contributed by atoms with Crippen molar-refractivity contribution in [3.05, 3.63) is 71.4 Å². The fourth-order valence-electron chi connectivity index (χ4n) is 3.92. The van der Waals surface area contributed by atoms with Crippen LogP contribution in [0.4, 0.5) is 4.79 Å². The molecule has 0 radical (unpaired) electrons. The van der Waals surface area contributed by atoms with E-state index in [0.717, 1.165) is 11.1 Å². The van der Waals surface area contributed by atoms with Gasteiger partial charge in [0.25, 0.3) is 0 Å². The van der Waals surface area contributed by atoms with Crippen LogP contribution in [0.2, 0.25) is 0 Å². The van der Waals surface area contributed by atoms with Gasteiger partial charge in [0.2, 0.25) is 5.91 Å². The van der Waals surface area contributed by atoms with E-state index in [-0.39, 0.29) is 18.5 Å². The first kappa shape index (κ1) is 26.3. The predicted octanol–water partition coefficient (Wildman–Crippen LogP) is 4.50. The first-order valence-electron chi connectivity index (χ1n) is 12.1. The van der Waals surface area contributed by atoms with Gasteiger partial charge < -0.3 is 24.8 Å². The van der Waals surface area contributed by atoms with E-state index in [2.05, 4.69) is 46.7 Å². The number of carbonyl (C=O) groups excluding carboxylic acids is 2. The second-order valence-electron chi connectivity index (χ2n) is 10.0. The predicted molar refractivity (Wildman–Crippen MR) is 140 cm³/mol. The van der Waals surface area contributed by atoms with Gasteiger partial charge in [-0.05, 0) is 51.3 Å². The standard InChI is InChI=1S/C28H38N4O3/c1-21-10-12-22(13-11-21)19-31(15-14-23-18-29-25-9-7-6-8-24(23)25)26(33)20-32(16-17-35-5)27(34)30-28(2,3)4/h6-13,18,29H,14-17,19-20H2,1-5H3,(H,30,34). The van der Waals surface area contributed by atoms with Gasteiger partial charge in [0.15, 0.2) is 0 Å². The first-order chi connectivity index (χ1) is 16.7. The van der Waals surface area contributed by atoms with E-state index in [4.69, 9.17) is 4.74 Å². The Labute approximate surface area is 208 Å². The molecule has 3 rings (SSSR count). The summed E-state index contributed by atoms with van der Waals surface area (Å²) >= 11 is 0. The summed E-state index contributed by atoms with van der Waals surface area (Å²) in [6.07, 6.45) is 2.73. The van der Waals surface area contributed by atoms with Gasteiger partial charge in [0.1, 0.15) is 6.54 Å². The summed E-state index contributed by atoms with van der Waals surface area (Å²) in [5.41, 5.74) is 4.09. The number of rotatable bonds is 10. The molecular weight excluding hydrogens is 440 g/mol. The van der Waals surface area contributed by atoms with E-state index in [9.17, 15) is 9.59 Å². The number of hydrogen-bond donors (Lipinski definition) is 2. The summed E-state index contributed by atoms with van der Waals surface area (Å²) in [5.74, 6) is -0.0921. The first-order valence-corrected chi connectivity index (χ1v) is 12.1. The number of para-hydroxylation sites is 1. The van der Waals surface area contributed by atoms with Gasteiger partial charge in [-0.2, -0.15) is 0 Å². The van der Waals surface area contributed by atoms with Gasteiger partial charge in [-0.1, -0.05) is 48.0 Å². The Morgan fingerprint density at radius 1 is 1.00 bits per heavy atom. The molecule has 35 heavy (non-hydrogen) atoms. The number of nitrogens with zero attached hydrogens (tertiary/aromatic N) is 2. The summed E-state index contributed by atoms with van der Waals surface area (Å²) < 4.78 is 5.19. The van der Waals surface area contributed by atoms with Gasteiger partial charge in [-0.3, -0.25) is 4.79 Å². The number of amides is 3. The Morgan fingerprint density at radius 3 is 2.40 bits per heavy atom. The molecule has 0 saturated carbocycles. The van der Waals surface area contributed by atoms with E-state index in [0.29, 0.717) is 32.7 Å². The number of nitrogens with one attached hydrogen (secondary N) is 2. The molecule has 2 aromatic carbocycles.